The van der Waals surface area contributed by atoms with E-state index in [0.29, 0.717) is 12.5 Å². The molecular weight excluding hydrogens is 260 g/mol. The lowest BCUT2D eigenvalue weighted by molar-refractivity contribution is 0.132. The second-order valence-corrected chi connectivity index (χ2v) is 5.78. The minimum absolute atomic E-state index is 0.354. The van der Waals surface area contributed by atoms with Gasteiger partial charge < -0.3 is 4.74 Å². The smallest absolute Gasteiger partial charge is 0.100 e. The molecule has 102 valence electrons. The number of fused-ring (bicyclic) bond motifs is 1. The van der Waals surface area contributed by atoms with Gasteiger partial charge in [0.15, 0.2) is 0 Å². The second-order valence-electron chi connectivity index (χ2n) is 5.00. The molecule has 2 aromatic rings. The van der Waals surface area contributed by atoms with Crippen molar-refractivity contribution in [3.63, 3.8) is 0 Å². The first-order valence-corrected chi connectivity index (χ1v) is 7.33. The molecule has 1 aliphatic heterocycles. The molecule has 1 aliphatic rings. The van der Waals surface area contributed by atoms with E-state index in [2.05, 4.69) is 32.0 Å². The molecule has 3 rings (SSSR count). The van der Waals surface area contributed by atoms with Gasteiger partial charge in [0, 0.05) is 39.7 Å². The Balaban J connectivity index is 1.80. The summed E-state index contributed by atoms with van der Waals surface area (Å²) in [4.78, 5) is 2.42. The summed E-state index contributed by atoms with van der Waals surface area (Å²) >= 11 is 1.75. The van der Waals surface area contributed by atoms with Crippen LogP contribution in [0.4, 0.5) is 0 Å². The molecule has 0 saturated carbocycles. The molecule has 0 radical (unpaired) electrons. The molecular formula is C13H18N4OS. The summed E-state index contributed by atoms with van der Waals surface area (Å²) in [5.41, 5.74) is 3.68. The van der Waals surface area contributed by atoms with Crippen molar-refractivity contribution in [3.05, 3.63) is 33.8 Å². The Morgan fingerprint density at radius 1 is 1.53 bits per heavy atom. The van der Waals surface area contributed by atoms with Crippen molar-refractivity contribution < 1.29 is 4.74 Å². The molecule has 0 amide bonds. The number of hydrogen-bond acceptors (Lipinski definition) is 5. The van der Waals surface area contributed by atoms with E-state index in [1.54, 1.807) is 18.4 Å². The van der Waals surface area contributed by atoms with E-state index < -0.39 is 0 Å². The van der Waals surface area contributed by atoms with Crippen LogP contribution >= 0.6 is 11.3 Å². The molecule has 0 spiro atoms. The van der Waals surface area contributed by atoms with E-state index >= 15 is 0 Å². The minimum atomic E-state index is 0.354. The molecule has 6 heteroatoms. The number of nitrogens with zero attached hydrogens (tertiary/aromatic N) is 4. The van der Waals surface area contributed by atoms with Crippen molar-refractivity contribution in [2.75, 3.05) is 20.3 Å². The number of aromatic nitrogens is 3. The van der Waals surface area contributed by atoms with Gasteiger partial charge in [-0.15, -0.1) is 5.10 Å². The molecule has 0 aliphatic carbocycles. The molecule has 2 aromatic heterocycles. The van der Waals surface area contributed by atoms with Gasteiger partial charge in [-0.2, -0.15) is 11.3 Å². The van der Waals surface area contributed by atoms with Crippen LogP contribution in [0.2, 0.25) is 0 Å². The van der Waals surface area contributed by atoms with Crippen LogP contribution in [0.1, 0.15) is 22.9 Å². The number of rotatable bonds is 4. The summed E-state index contributed by atoms with van der Waals surface area (Å²) in [6.45, 7) is 3.56. The van der Waals surface area contributed by atoms with E-state index in [4.69, 9.17) is 4.74 Å². The highest BCUT2D eigenvalue weighted by Gasteiger charge is 2.29. The molecule has 0 N–H and O–H groups in total. The third-order valence-corrected chi connectivity index (χ3v) is 4.27. The standard InChI is InChI=1S/C13H18N4OS/c1-16-13-11(8-18-2)6-17(7-12(13)14-15-16)5-10-3-4-19-9-10/h3-4,9,11H,5-8H2,1-2H3. The summed E-state index contributed by atoms with van der Waals surface area (Å²) in [7, 11) is 3.71. The van der Waals surface area contributed by atoms with Crippen LogP contribution in [0.15, 0.2) is 16.8 Å². The summed E-state index contributed by atoms with van der Waals surface area (Å²) in [5, 5.41) is 12.8. The maximum absolute atomic E-state index is 5.35. The van der Waals surface area contributed by atoms with Gasteiger partial charge >= 0.3 is 0 Å². The molecule has 0 saturated heterocycles. The third-order valence-electron chi connectivity index (χ3n) is 3.54. The zero-order valence-electron chi connectivity index (χ0n) is 11.2. The Kier molecular flexibility index (Phi) is 3.63. The molecule has 0 fully saturated rings. The molecule has 0 aromatic carbocycles. The normalized spacial score (nSPS) is 19.6. The first kappa shape index (κ1) is 12.8. The van der Waals surface area contributed by atoms with Crippen LogP contribution < -0.4 is 0 Å². The van der Waals surface area contributed by atoms with Crippen LogP contribution in [-0.4, -0.2) is 40.2 Å². The minimum Gasteiger partial charge on any atom is -0.384 e. The van der Waals surface area contributed by atoms with Gasteiger partial charge in [-0.05, 0) is 22.4 Å². The molecule has 1 unspecified atom stereocenters. The molecule has 0 bridgehead atoms. The number of methoxy groups -OCH3 is 1. The SMILES string of the molecule is COCC1CN(Cc2ccsc2)Cc2nnn(C)c21. The number of thiophene rings is 1. The number of aryl methyl sites for hydroxylation is 1. The fourth-order valence-corrected chi connectivity index (χ4v) is 3.45. The van der Waals surface area contributed by atoms with E-state index in [9.17, 15) is 0 Å². The van der Waals surface area contributed by atoms with Crippen molar-refractivity contribution in [1.29, 1.82) is 0 Å². The number of ether oxygens (including phenoxy) is 1. The highest BCUT2D eigenvalue weighted by molar-refractivity contribution is 7.07. The van der Waals surface area contributed by atoms with E-state index in [1.165, 1.54) is 11.3 Å². The van der Waals surface area contributed by atoms with E-state index in [1.807, 2.05) is 11.7 Å². The average Bonchev–Trinajstić information content (AvgIpc) is 3.00. The summed E-state index contributed by atoms with van der Waals surface area (Å²) in [6, 6.07) is 2.18. The first-order valence-electron chi connectivity index (χ1n) is 6.38. The van der Waals surface area contributed by atoms with Crippen molar-refractivity contribution in [3.8, 4) is 0 Å². The van der Waals surface area contributed by atoms with Gasteiger partial charge in [-0.1, -0.05) is 5.21 Å². The fraction of sp³-hybridized carbons (Fsp3) is 0.538. The van der Waals surface area contributed by atoms with Crippen molar-refractivity contribution in [2.45, 2.75) is 19.0 Å². The number of hydrogen-bond donors (Lipinski definition) is 0. The van der Waals surface area contributed by atoms with Crippen LogP contribution in [0.5, 0.6) is 0 Å². The Bertz CT molecular complexity index is 537. The molecule has 3 heterocycles. The van der Waals surface area contributed by atoms with Gasteiger partial charge in [0.25, 0.3) is 0 Å². The van der Waals surface area contributed by atoms with Crippen molar-refractivity contribution >= 4 is 11.3 Å². The topological polar surface area (TPSA) is 43.2 Å². The predicted octanol–water partition coefficient (Wildman–Crippen LogP) is 1.62. The zero-order valence-corrected chi connectivity index (χ0v) is 12.1. The maximum atomic E-state index is 5.35. The lowest BCUT2D eigenvalue weighted by Crippen LogP contribution is -2.35. The van der Waals surface area contributed by atoms with Gasteiger partial charge in [0.2, 0.25) is 0 Å². The first-order chi connectivity index (χ1) is 9.28. The Morgan fingerprint density at radius 2 is 2.42 bits per heavy atom. The molecule has 1 atom stereocenters. The Morgan fingerprint density at radius 3 is 3.16 bits per heavy atom. The molecule has 5 nitrogen and oxygen atoms in total. The van der Waals surface area contributed by atoms with Gasteiger partial charge in [-0.25, -0.2) is 0 Å². The van der Waals surface area contributed by atoms with E-state index in [0.717, 1.165) is 25.3 Å². The fourth-order valence-electron chi connectivity index (χ4n) is 2.79. The average molecular weight is 278 g/mol. The summed E-state index contributed by atoms with van der Waals surface area (Å²) < 4.78 is 7.24. The highest BCUT2D eigenvalue weighted by atomic mass is 32.1. The lowest BCUT2D eigenvalue weighted by Gasteiger charge is -2.31. The molecule has 19 heavy (non-hydrogen) atoms. The van der Waals surface area contributed by atoms with E-state index in [-0.39, 0.29) is 0 Å². The van der Waals surface area contributed by atoms with Crippen LogP contribution in [-0.2, 0) is 24.9 Å². The third kappa shape index (κ3) is 2.56. The van der Waals surface area contributed by atoms with Crippen LogP contribution in [0.25, 0.3) is 0 Å². The van der Waals surface area contributed by atoms with Crippen molar-refractivity contribution in [2.24, 2.45) is 7.05 Å². The summed E-state index contributed by atoms with van der Waals surface area (Å²) in [6.07, 6.45) is 0. The van der Waals surface area contributed by atoms with Crippen LogP contribution in [0, 0.1) is 0 Å². The largest absolute Gasteiger partial charge is 0.384 e. The highest BCUT2D eigenvalue weighted by Crippen LogP contribution is 2.27. The summed E-state index contributed by atoms with van der Waals surface area (Å²) in [5.74, 6) is 0.354. The maximum Gasteiger partial charge on any atom is 0.100 e. The predicted molar refractivity (Wildman–Crippen MR) is 74.1 cm³/mol. The quantitative estimate of drug-likeness (QED) is 0.852. The lowest BCUT2D eigenvalue weighted by atomic mass is 9.98. The van der Waals surface area contributed by atoms with Crippen LogP contribution in [0.3, 0.4) is 0 Å². The monoisotopic (exact) mass is 278 g/mol. The van der Waals surface area contributed by atoms with Gasteiger partial charge in [0.05, 0.1) is 12.3 Å². The van der Waals surface area contributed by atoms with Crippen molar-refractivity contribution in [1.82, 2.24) is 19.9 Å². The Labute approximate surface area is 116 Å². The zero-order chi connectivity index (χ0) is 13.2. The Hall–Kier alpha value is -1.24. The van der Waals surface area contributed by atoms with Gasteiger partial charge in [-0.3, -0.25) is 9.58 Å². The second kappa shape index (κ2) is 5.40. The van der Waals surface area contributed by atoms with Gasteiger partial charge in [0.1, 0.15) is 5.69 Å².